The molecule has 2 N–H and O–H groups in total. The number of aromatic nitrogens is 1. The van der Waals surface area contributed by atoms with E-state index in [1.807, 2.05) is 27.0 Å². The summed E-state index contributed by atoms with van der Waals surface area (Å²) in [6.45, 7) is 4.63. The first-order valence-corrected chi connectivity index (χ1v) is 7.47. The van der Waals surface area contributed by atoms with Crippen LogP contribution in [-0.4, -0.2) is 23.0 Å². The van der Waals surface area contributed by atoms with Crippen molar-refractivity contribution in [2.45, 2.75) is 32.5 Å². The predicted octanol–water partition coefficient (Wildman–Crippen LogP) is 3.11. The molecule has 2 rings (SSSR count). The highest BCUT2D eigenvalue weighted by Gasteiger charge is 2.22. The van der Waals surface area contributed by atoms with Crippen LogP contribution in [0.4, 0.5) is 4.39 Å². The highest BCUT2D eigenvalue weighted by molar-refractivity contribution is 7.09. The van der Waals surface area contributed by atoms with Gasteiger partial charge in [0.1, 0.15) is 5.82 Å². The van der Waals surface area contributed by atoms with Gasteiger partial charge in [-0.25, -0.2) is 9.37 Å². The minimum Gasteiger partial charge on any atom is -0.326 e. The van der Waals surface area contributed by atoms with E-state index in [-0.39, 0.29) is 17.9 Å². The molecule has 0 saturated heterocycles. The molecule has 2 unspecified atom stereocenters. The van der Waals surface area contributed by atoms with Crippen molar-refractivity contribution in [2.75, 3.05) is 7.05 Å². The lowest BCUT2D eigenvalue weighted by Gasteiger charge is -2.31. The first-order chi connectivity index (χ1) is 9.47. The van der Waals surface area contributed by atoms with E-state index in [0.29, 0.717) is 6.54 Å². The molecular formula is C15H20FN3S. The minimum atomic E-state index is -0.231. The van der Waals surface area contributed by atoms with Gasteiger partial charge in [-0.2, -0.15) is 0 Å². The molecule has 0 fully saturated rings. The van der Waals surface area contributed by atoms with Gasteiger partial charge in [-0.3, -0.25) is 4.90 Å². The number of halogens is 1. The number of thiazole rings is 1. The van der Waals surface area contributed by atoms with Crippen molar-refractivity contribution in [3.05, 3.63) is 51.7 Å². The molecule has 1 aromatic heterocycles. The summed E-state index contributed by atoms with van der Waals surface area (Å²) in [6.07, 6.45) is 0. The van der Waals surface area contributed by atoms with Crippen LogP contribution in [0.15, 0.2) is 29.6 Å². The van der Waals surface area contributed by atoms with Gasteiger partial charge in [-0.05, 0) is 38.6 Å². The van der Waals surface area contributed by atoms with Crippen molar-refractivity contribution in [3.8, 4) is 0 Å². The highest BCUT2D eigenvalue weighted by Crippen LogP contribution is 2.24. The van der Waals surface area contributed by atoms with Crippen LogP contribution in [0.2, 0.25) is 0 Å². The van der Waals surface area contributed by atoms with E-state index in [4.69, 9.17) is 5.73 Å². The largest absolute Gasteiger partial charge is 0.326 e. The third-order valence-electron chi connectivity index (χ3n) is 3.24. The van der Waals surface area contributed by atoms with Crippen molar-refractivity contribution in [1.29, 1.82) is 0 Å². The van der Waals surface area contributed by atoms with E-state index in [2.05, 4.69) is 15.3 Å². The van der Waals surface area contributed by atoms with Crippen LogP contribution in [0.3, 0.4) is 0 Å². The molecule has 108 valence electrons. The normalized spacial score (nSPS) is 14.5. The SMILES string of the molecule is Cc1nc(CN(C)C(c2cccc(F)c2)C(C)N)cs1. The number of rotatable bonds is 5. The molecule has 0 radical (unpaired) electrons. The zero-order valence-corrected chi connectivity index (χ0v) is 12.8. The maximum atomic E-state index is 13.4. The quantitative estimate of drug-likeness (QED) is 0.921. The zero-order chi connectivity index (χ0) is 14.7. The average Bonchev–Trinajstić information content (AvgIpc) is 2.74. The second-order valence-electron chi connectivity index (χ2n) is 5.13. The van der Waals surface area contributed by atoms with Crippen LogP contribution in [0.25, 0.3) is 0 Å². The van der Waals surface area contributed by atoms with Gasteiger partial charge in [0.2, 0.25) is 0 Å². The molecular weight excluding hydrogens is 273 g/mol. The monoisotopic (exact) mass is 293 g/mol. The molecule has 0 saturated carbocycles. The molecule has 0 aliphatic heterocycles. The fourth-order valence-electron chi connectivity index (χ4n) is 2.48. The molecule has 3 nitrogen and oxygen atoms in total. The maximum Gasteiger partial charge on any atom is 0.123 e. The average molecular weight is 293 g/mol. The van der Waals surface area contributed by atoms with Gasteiger partial charge < -0.3 is 5.73 Å². The van der Waals surface area contributed by atoms with Gasteiger partial charge in [0.15, 0.2) is 0 Å². The lowest BCUT2D eigenvalue weighted by molar-refractivity contribution is 0.208. The van der Waals surface area contributed by atoms with E-state index in [1.54, 1.807) is 23.5 Å². The van der Waals surface area contributed by atoms with Crippen molar-refractivity contribution in [1.82, 2.24) is 9.88 Å². The first-order valence-electron chi connectivity index (χ1n) is 6.59. The standard InChI is InChI=1S/C15H20FN3S/c1-10(17)15(12-5-4-6-13(16)7-12)19(3)8-14-9-20-11(2)18-14/h4-7,9-10,15H,8,17H2,1-3H3. The van der Waals surface area contributed by atoms with Crippen LogP contribution in [0.1, 0.15) is 29.2 Å². The summed E-state index contributed by atoms with van der Waals surface area (Å²) in [5.74, 6) is -0.231. The summed E-state index contributed by atoms with van der Waals surface area (Å²) >= 11 is 1.64. The van der Waals surface area contributed by atoms with Gasteiger partial charge in [0.25, 0.3) is 0 Å². The van der Waals surface area contributed by atoms with Gasteiger partial charge in [-0.1, -0.05) is 12.1 Å². The Labute approximate surface area is 123 Å². The van der Waals surface area contributed by atoms with Crippen LogP contribution in [0, 0.1) is 12.7 Å². The van der Waals surface area contributed by atoms with Crippen LogP contribution in [0.5, 0.6) is 0 Å². The number of benzene rings is 1. The van der Waals surface area contributed by atoms with Crippen molar-refractivity contribution < 1.29 is 4.39 Å². The second kappa shape index (κ2) is 6.43. The zero-order valence-electron chi connectivity index (χ0n) is 12.0. The van der Waals surface area contributed by atoms with Crippen molar-refractivity contribution in [3.63, 3.8) is 0 Å². The van der Waals surface area contributed by atoms with Gasteiger partial charge in [0, 0.05) is 24.0 Å². The Kier molecular flexibility index (Phi) is 4.86. The second-order valence-corrected chi connectivity index (χ2v) is 6.19. The third kappa shape index (κ3) is 3.62. The smallest absolute Gasteiger partial charge is 0.123 e. The Bertz CT molecular complexity index is 568. The molecule has 0 amide bonds. The van der Waals surface area contributed by atoms with Crippen LogP contribution < -0.4 is 5.73 Å². The summed E-state index contributed by atoms with van der Waals surface area (Å²) in [5, 5.41) is 3.10. The van der Waals surface area contributed by atoms with Gasteiger partial charge in [-0.15, -0.1) is 11.3 Å². The van der Waals surface area contributed by atoms with Gasteiger partial charge in [0.05, 0.1) is 10.7 Å². The Morgan fingerprint density at radius 1 is 1.45 bits per heavy atom. The number of aryl methyl sites for hydroxylation is 1. The molecule has 2 aromatic rings. The molecule has 5 heteroatoms. The van der Waals surface area contributed by atoms with Gasteiger partial charge >= 0.3 is 0 Å². The molecule has 1 aromatic carbocycles. The Balaban J connectivity index is 2.20. The summed E-state index contributed by atoms with van der Waals surface area (Å²) in [5.41, 5.74) is 8.02. The topological polar surface area (TPSA) is 42.2 Å². The third-order valence-corrected chi connectivity index (χ3v) is 4.06. The highest BCUT2D eigenvalue weighted by atomic mass is 32.1. The first kappa shape index (κ1) is 15.1. The molecule has 0 spiro atoms. The van der Waals surface area contributed by atoms with Crippen molar-refractivity contribution >= 4 is 11.3 Å². The Morgan fingerprint density at radius 3 is 2.75 bits per heavy atom. The summed E-state index contributed by atoms with van der Waals surface area (Å²) < 4.78 is 13.4. The molecule has 0 aliphatic rings. The van der Waals surface area contributed by atoms with E-state index < -0.39 is 0 Å². The lowest BCUT2D eigenvalue weighted by Crippen LogP contribution is -2.37. The molecule has 2 atom stereocenters. The number of hydrogen-bond donors (Lipinski definition) is 1. The lowest BCUT2D eigenvalue weighted by atomic mass is 9.99. The number of nitrogens with zero attached hydrogens (tertiary/aromatic N) is 2. The molecule has 20 heavy (non-hydrogen) atoms. The van der Waals surface area contributed by atoms with Crippen LogP contribution >= 0.6 is 11.3 Å². The number of hydrogen-bond acceptors (Lipinski definition) is 4. The molecule has 1 heterocycles. The van der Waals surface area contributed by atoms with E-state index >= 15 is 0 Å². The summed E-state index contributed by atoms with van der Waals surface area (Å²) in [7, 11) is 1.99. The Hall–Kier alpha value is -1.30. The maximum absolute atomic E-state index is 13.4. The van der Waals surface area contributed by atoms with E-state index in [1.165, 1.54) is 6.07 Å². The number of likely N-dealkylation sites (N-methyl/N-ethyl adjacent to an activating group) is 1. The minimum absolute atomic E-state index is 0.0345. The van der Waals surface area contributed by atoms with E-state index in [0.717, 1.165) is 16.3 Å². The van der Waals surface area contributed by atoms with E-state index in [9.17, 15) is 4.39 Å². The fraction of sp³-hybridized carbons (Fsp3) is 0.400. The summed E-state index contributed by atoms with van der Waals surface area (Å²) in [4.78, 5) is 6.58. The number of nitrogens with two attached hydrogens (primary N) is 1. The Morgan fingerprint density at radius 2 is 2.20 bits per heavy atom. The molecule has 0 aliphatic carbocycles. The fourth-order valence-corrected chi connectivity index (χ4v) is 3.09. The summed E-state index contributed by atoms with van der Waals surface area (Å²) in [6, 6.07) is 6.51. The van der Waals surface area contributed by atoms with Crippen LogP contribution in [-0.2, 0) is 6.54 Å². The predicted molar refractivity (Wildman–Crippen MR) is 81.1 cm³/mol. The van der Waals surface area contributed by atoms with Crippen molar-refractivity contribution in [2.24, 2.45) is 5.73 Å². The molecule has 0 bridgehead atoms.